The van der Waals surface area contributed by atoms with Crippen LogP contribution in [0.15, 0.2) is 30.3 Å². The molecule has 4 nitrogen and oxygen atoms in total. The number of hydrogen-bond donors (Lipinski definition) is 1. The van der Waals surface area contributed by atoms with E-state index in [1.165, 1.54) is 25.1 Å². The highest BCUT2D eigenvalue weighted by Gasteiger charge is 2.30. The molecule has 144 valence electrons. The number of carbonyl (C=O) groups is 1. The van der Waals surface area contributed by atoms with Crippen LogP contribution in [0.3, 0.4) is 0 Å². The summed E-state index contributed by atoms with van der Waals surface area (Å²) < 4.78 is 0. The SMILES string of the molecule is CC1CC(C)CN(CCCNC(=O)C2CCCN2Cc2ccccc2)C1. The molecular formula is C22H35N3O. The van der Waals surface area contributed by atoms with E-state index in [2.05, 4.69) is 53.2 Å². The minimum atomic E-state index is 0.0465. The molecular weight excluding hydrogens is 322 g/mol. The van der Waals surface area contributed by atoms with Gasteiger partial charge in [-0.25, -0.2) is 0 Å². The second-order valence-corrected chi connectivity index (χ2v) is 8.46. The van der Waals surface area contributed by atoms with Crippen molar-refractivity contribution in [3.8, 4) is 0 Å². The normalized spacial score (nSPS) is 27.5. The highest BCUT2D eigenvalue weighted by atomic mass is 16.2. The summed E-state index contributed by atoms with van der Waals surface area (Å²) in [5.74, 6) is 1.83. The lowest BCUT2D eigenvalue weighted by atomic mass is 9.92. The van der Waals surface area contributed by atoms with Crippen molar-refractivity contribution in [2.45, 2.75) is 52.1 Å². The molecule has 1 N–H and O–H groups in total. The van der Waals surface area contributed by atoms with Crippen molar-refractivity contribution in [3.05, 3.63) is 35.9 Å². The fourth-order valence-corrected chi connectivity index (χ4v) is 4.74. The third-order valence-corrected chi connectivity index (χ3v) is 5.79. The van der Waals surface area contributed by atoms with Crippen molar-refractivity contribution in [2.24, 2.45) is 11.8 Å². The summed E-state index contributed by atoms with van der Waals surface area (Å²) in [4.78, 5) is 17.5. The summed E-state index contributed by atoms with van der Waals surface area (Å²) in [7, 11) is 0. The fraction of sp³-hybridized carbons (Fsp3) is 0.682. The Kier molecular flexibility index (Phi) is 7.09. The summed E-state index contributed by atoms with van der Waals surface area (Å²) >= 11 is 0. The maximum Gasteiger partial charge on any atom is 0.237 e. The molecule has 0 aliphatic carbocycles. The first kappa shape index (κ1) is 19.4. The number of piperidine rings is 1. The smallest absolute Gasteiger partial charge is 0.237 e. The van der Waals surface area contributed by atoms with E-state index >= 15 is 0 Å². The van der Waals surface area contributed by atoms with E-state index in [0.29, 0.717) is 0 Å². The van der Waals surface area contributed by atoms with Crippen LogP contribution in [0.25, 0.3) is 0 Å². The number of likely N-dealkylation sites (tertiary alicyclic amines) is 2. The summed E-state index contributed by atoms with van der Waals surface area (Å²) in [6.07, 6.45) is 4.51. The molecule has 3 atom stereocenters. The van der Waals surface area contributed by atoms with Gasteiger partial charge >= 0.3 is 0 Å². The van der Waals surface area contributed by atoms with Crippen molar-refractivity contribution >= 4 is 5.91 Å². The molecule has 0 bridgehead atoms. The van der Waals surface area contributed by atoms with Gasteiger partial charge < -0.3 is 10.2 Å². The molecule has 2 heterocycles. The molecule has 1 aromatic rings. The lowest BCUT2D eigenvalue weighted by Crippen LogP contribution is -2.44. The highest BCUT2D eigenvalue weighted by Crippen LogP contribution is 2.21. The number of amides is 1. The zero-order valence-corrected chi connectivity index (χ0v) is 16.5. The Morgan fingerprint density at radius 2 is 1.88 bits per heavy atom. The molecule has 4 heteroatoms. The third-order valence-electron chi connectivity index (χ3n) is 5.79. The van der Waals surface area contributed by atoms with Gasteiger partial charge in [0, 0.05) is 26.2 Å². The average Bonchev–Trinajstić information content (AvgIpc) is 3.07. The Balaban J connectivity index is 1.38. The van der Waals surface area contributed by atoms with Crippen molar-refractivity contribution in [2.75, 3.05) is 32.7 Å². The number of nitrogens with zero attached hydrogens (tertiary/aromatic N) is 2. The van der Waals surface area contributed by atoms with E-state index in [4.69, 9.17) is 0 Å². The van der Waals surface area contributed by atoms with Gasteiger partial charge in [-0.05, 0) is 56.2 Å². The van der Waals surface area contributed by atoms with Crippen molar-refractivity contribution in [1.82, 2.24) is 15.1 Å². The van der Waals surface area contributed by atoms with Gasteiger partial charge in [-0.1, -0.05) is 44.2 Å². The van der Waals surface area contributed by atoms with Crippen LogP contribution in [-0.2, 0) is 11.3 Å². The predicted molar refractivity (Wildman–Crippen MR) is 107 cm³/mol. The molecule has 2 saturated heterocycles. The lowest BCUT2D eigenvalue weighted by Gasteiger charge is -2.35. The predicted octanol–water partition coefficient (Wildman–Crippen LogP) is 3.14. The van der Waals surface area contributed by atoms with Crippen LogP contribution in [0.4, 0.5) is 0 Å². The van der Waals surface area contributed by atoms with Crippen LogP contribution in [-0.4, -0.2) is 54.5 Å². The molecule has 26 heavy (non-hydrogen) atoms. The number of hydrogen-bond acceptors (Lipinski definition) is 3. The molecule has 0 spiro atoms. The quantitative estimate of drug-likeness (QED) is 0.762. The molecule has 1 amide bonds. The first-order valence-electron chi connectivity index (χ1n) is 10.4. The monoisotopic (exact) mass is 357 g/mol. The van der Waals surface area contributed by atoms with Gasteiger partial charge in [0.15, 0.2) is 0 Å². The van der Waals surface area contributed by atoms with Crippen LogP contribution >= 0.6 is 0 Å². The maximum atomic E-state index is 12.6. The van der Waals surface area contributed by atoms with Gasteiger partial charge in [-0.2, -0.15) is 0 Å². The second-order valence-electron chi connectivity index (χ2n) is 8.46. The van der Waals surface area contributed by atoms with E-state index in [1.807, 2.05) is 6.07 Å². The van der Waals surface area contributed by atoms with E-state index in [9.17, 15) is 4.79 Å². The van der Waals surface area contributed by atoms with Gasteiger partial charge in [0.1, 0.15) is 0 Å². The summed E-state index contributed by atoms with van der Waals surface area (Å²) in [5.41, 5.74) is 1.29. The molecule has 3 unspecified atom stereocenters. The molecule has 1 aromatic carbocycles. The zero-order valence-electron chi connectivity index (χ0n) is 16.5. The van der Waals surface area contributed by atoms with Gasteiger partial charge in [-0.3, -0.25) is 9.69 Å². The van der Waals surface area contributed by atoms with Crippen molar-refractivity contribution in [1.29, 1.82) is 0 Å². The van der Waals surface area contributed by atoms with E-state index < -0.39 is 0 Å². The van der Waals surface area contributed by atoms with Crippen molar-refractivity contribution in [3.63, 3.8) is 0 Å². The van der Waals surface area contributed by atoms with Crippen LogP contribution in [0.5, 0.6) is 0 Å². The molecule has 3 rings (SSSR count). The lowest BCUT2D eigenvalue weighted by molar-refractivity contribution is -0.125. The minimum absolute atomic E-state index is 0.0465. The largest absolute Gasteiger partial charge is 0.355 e. The summed E-state index contributed by atoms with van der Waals surface area (Å²) in [5, 5.41) is 3.20. The van der Waals surface area contributed by atoms with E-state index in [1.54, 1.807) is 0 Å². The zero-order chi connectivity index (χ0) is 18.4. The summed E-state index contributed by atoms with van der Waals surface area (Å²) in [6.45, 7) is 10.9. The Morgan fingerprint density at radius 1 is 1.15 bits per heavy atom. The molecule has 0 radical (unpaired) electrons. The van der Waals surface area contributed by atoms with Gasteiger partial charge in [-0.15, -0.1) is 0 Å². The van der Waals surface area contributed by atoms with Crippen LogP contribution in [0, 0.1) is 11.8 Å². The van der Waals surface area contributed by atoms with E-state index in [-0.39, 0.29) is 11.9 Å². The Morgan fingerprint density at radius 3 is 2.62 bits per heavy atom. The minimum Gasteiger partial charge on any atom is -0.355 e. The molecule has 0 aromatic heterocycles. The van der Waals surface area contributed by atoms with Crippen LogP contribution in [0.1, 0.15) is 45.1 Å². The van der Waals surface area contributed by atoms with Gasteiger partial charge in [0.25, 0.3) is 0 Å². The average molecular weight is 358 g/mol. The van der Waals surface area contributed by atoms with Crippen LogP contribution < -0.4 is 5.32 Å². The topological polar surface area (TPSA) is 35.6 Å². The van der Waals surface area contributed by atoms with E-state index in [0.717, 1.165) is 57.3 Å². The third kappa shape index (κ3) is 5.55. The standard InChI is InChI=1S/C22H35N3O/c1-18-14-19(2)16-24(15-18)12-7-11-23-22(26)21-10-6-13-25(21)17-20-8-4-3-5-9-20/h3-5,8-9,18-19,21H,6-7,10-17H2,1-2H3,(H,23,26). The second kappa shape index (κ2) is 9.52. The Hall–Kier alpha value is -1.39. The van der Waals surface area contributed by atoms with Gasteiger partial charge in [0.2, 0.25) is 5.91 Å². The molecule has 2 fully saturated rings. The fourth-order valence-electron chi connectivity index (χ4n) is 4.74. The first-order valence-corrected chi connectivity index (χ1v) is 10.4. The summed E-state index contributed by atoms with van der Waals surface area (Å²) in [6, 6.07) is 10.5. The number of benzene rings is 1. The molecule has 0 saturated carbocycles. The number of rotatable bonds is 7. The molecule has 2 aliphatic rings. The Labute approximate surface area is 158 Å². The first-order chi connectivity index (χ1) is 12.6. The molecule has 2 aliphatic heterocycles. The van der Waals surface area contributed by atoms with Crippen LogP contribution in [0.2, 0.25) is 0 Å². The maximum absolute atomic E-state index is 12.6. The Bertz CT molecular complexity index is 552. The highest BCUT2D eigenvalue weighted by molar-refractivity contribution is 5.82. The number of nitrogens with one attached hydrogen (secondary N) is 1. The number of carbonyl (C=O) groups excluding carboxylic acids is 1. The van der Waals surface area contributed by atoms with Crippen molar-refractivity contribution < 1.29 is 4.79 Å². The van der Waals surface area contributed by atoms with Gasteiger partial charge in [0.05, 0.1) is 6.04 Å².